The van der Waals surface area contributed by atoms with Crippen LogP contribution in [0.25, 0.3) is 10.9 Å². The van der Waals surface area contributed by atoms with E-state index in [0.29, 0.717) is 23.6 Å². The molecule has 0 aliphatic rings. The monoisotopic (exact) mass is 492 g/mol. The minimum Gasteiger partial charge on any atom is -0.494 e. The van der Waals surface area contributed by atoms with Crippen molar-refractivity contribution in [1.82, 2.24) is 15.3 Å². The number of sulfonamides is 1. The zero-order chi connectivity index (χ0) is 25.0. The first kappa shape index (κ1) is 24.0. The Bertz CT molecular complexity index is 1520. The van der Waals surface area contributed by atoms with Gasteiger partial charge in [0.15, 0.2) is 0 Å². The minimum atomic E-state index is -3.97. The van der Waals surface area contributed by atoms with E-state index in [9.17, 15) is 18.0 Å². The van der Waals surface area contributed by atoms with Gasteiger partial charge in [-0.15, -0.1) is 0 Å². The molecule has 9 nitrogen and oxygen atoms in total. The maximum atomic E-state index is 13.3. The Balaban J connectivity index is 1.63. The summed E-state index contributed by atoms with van der Waals surface area (Å²) in [6.45, 7) is 2.57. The molecule has 0 saturated carbocycles. The smallest absolute Gasteiger partial charge is 0.264 e. The lowest BCUT2D eigenvalue weighted by molar-refractivity contribution is 0.0949. The van der Waals surface area contributed by atoms with Crippen molar-refractivity contribution in [3.8, 4) is 5.75 Å². The van der Waals surface area contributed by atoms with E-state index >= 15 is 0 Å². The van der Waals surface area contributed by atoms with Crippen LogP contribution in [0.5, 0.6) is 5.75 Å². The van der Waals surface area contributed by atoms with Gasteiger partial charge in [0.25, 0.3) is 15.9 Å². The molecular formula is C25H24N4O5S. The number of fused-ring (bicyclic) bond motifs is 1. The summed E-state index contributed by atoms with van der Waals surface area (Å²) in [6.07, 6.45) is 4.56. The quantitative estimate of drug-likeness (QED) is 0.390. The Morgan fingerprint density at radius 2 is 1.91 bits per heavy atom. The van der Waals surface area contributed by atoms with E-state index in [1.807, 2.05) is 6.92 Å². The number of carbonyl (C=O) groups excluding carboxylic acids is 1. The van der Waals surface area contributed by atoms with Crippen LogP contribution in [0.4, 0.5) is 5.69 Å². The second-order valence-corrected chi connectivity index (χ2v) is 9.65. The molecule has 4 rings (SSSR count). The summed E-state index contributed by atoms with van der Waals surface area (Å²) in [5.41, 5.74) is 0.954. The highest BCUT2D eigenvalue weighted by Gasteiger charge is 2.23. The van der Waals surface area contributed by atoms with Crippen molar-refractivity contribution in [2.24, 2.45) is 0 Å². The molecule has 10 heteroatoms. The molecule has 4 aromatic rings. The van der Waals surface area contributed by atoms with E-state index in [0.717, 1.165) is 9.87 Å². The Kier molecular flexibility index (Phi) is 6.83. The van der Waals surface area contributed by atoms with E-state index in [-0.39, 0.29) is 22.4 Å². The lowest BCUT2D eigenvalue weighted by Crippen LogP contribution is -2.29. The third kappa shape index (κ3) is 5.02. The first-order chi connectivity index (χ1) is 16.8. The summed E-state index contributed by atoms with van der Waals surface area (Å²) in [7, 11) is -2.54. The molecule has 0 bridgehead atoms. The molecule has 2 heterocycles. The predicted molar refractivity (Wildman–Crippen MR) is 133 cm³/mol. The van der Waals surface area contributed by atoms with Gasteiger partial charge in [-0.05, 0) is 61.0 Å². The Morgan fingerprint density at radius 3 is 2.60 bits per heavy atom. The van der Waals surface area contributed by atoms with Crippen molar-refractivity contribution >= 4 is 32.5 Å². The average Bonchev–Trinajstić information content (AvgIpc) is 2.88. The number of carbonyl (C=O) groups is 1. The molecule has 35 heavy (non-hydrogen) atoms. The maximum Gasteiger partial charge on any atom is 0.264 e. The molecule has 0 spiro atoms. The number of nitrogens with one attached hydrogen (secondary N) is 2. The molecule has 0 radical (unpaired) electrons. The van der Waals surface area contributed by atoms with Crippen LogP contribution in [-0.4, -0.2) is 37.9 Å². The maximum absolute atomic E-state index is 13.3. The minimum absolute atomic E-state index is 0.0696. The third-order valence-corrected chi connectivity index (χ3v) is 7.22. The number of anilines is 1. The Labute approximate surface area is 202 Å². The number of ether oxygens (including phenoxy) is 1. The molecule has 0 aliphatic heterocycles. The highest BCUT2D eigenvalue weighted by molar-refractivity contribution is 7.92. The summed E-state index contributed by atoms with van der Waals surface area (Å²) >= 11 is 0. The average molecular weight is 493 g/mol. The Morgan fingerprint density at radius 1 is 1.14 bits per heavy atom. The number of nitrogens with zero attached hydrogens (tertiary/aromatic N) is 2. The number of aromatic nitrogens is 2. The van der Waals surface area contributed by atoms with E-state index in [1.165, 1.54) is 31.4 Å². The van der Waals surface area contributed by atoms with Gasteiger partial charge >= 0.3 is 0 Å². The SMILES string of the molecule is CCOc1ccc(N(C)S(=O)(=O)c2ccc3[nH]cc(C(=O)NCc4cccnc4)c(=O)c3c2)cc1. The first-order valence-electron chi connectivity index (χ1n) is 10.9. The topological polar surface area (TPSA) is 121 Å². The van der Waals surface area contributed by atoms with Gasteiger partial charge in [0.1, 0.15) is 11.3 Å². The largest absolute Gasteiger partial charge is 0.494 e. The summed E-state index contributed by atoms with van der Waals surface area (Å²) in [5.74, 6) is 0.0605. The second-order valence-electron chi connectivity index (χ2n) is 7.68. The molecule has 2 aromatic heterocycles. The normalized spacial score (nSPS) is 11.3. The van der Waals surface area contributed by atoms with Crippen LogP contribution >= 0.6 is 0 Å². The second kappa shape index (κ2) is 9.98. The molecule has 0 unspecified atom stereocenters. The number of hydrogen-bond donors (Lipinski definition) is 2. The number of pyridine rings is 2. The standard InChI is InChI=1S/C25H24N4O5S/c1-3-34-19-8-6-18(7-9-19)29(2)35(32,33)20-10-11-23-21(13-20)24(30)22(16-27-23)25(31)28-15-17-5-4-12-26-14-17/h4-14,16H,3,15H2,1-2H3,(H,27,30)(H,28,31). The van der Waals surface area contributed by atoms with Crippen LogP contribution in [0.1, 0.15) is 22.8 Å². The number of amides is 1. The van der Waals surface area contributed by atoms with Crippen LogP contribution < -0.4 is 19.8 Å². The van der Waals surface area contributed by atoms with Crippen molar-refractivity contribution in [3.63, 3.8) is 0 Å². The summed E-state index contributed by atoms with van der Waals surface area (Å²) in [6, 6.07) is 14.4. The van der Waals surface area contributed by atoms with Gasteiger partial charge in [0, 0.05) is 43.1 Å². The van der Waals surface area contributed by atoms with Crippen LogP contribution in [0, 0.1) is 0 Å². The van der Waals surface area contributed by atoms with Crippen molar-refractivity contribution in [2.45, 2.75) is 18.4 Å². The fraction of sp³-hybridized carbons (Fsp3) is 0.160. The van der Waals surface area contributed by atoms with Gasteiger partial charge in [-0.25, -0.2) is 8.42 Å². The van der Waals surface area contributed by atoms with Crippen molar-refractivity contribution in [3.05, 3.63) is 94.5 Å². The molecule has 2 aromatic carbocycles. The van der Waals surface area contributed by atoms with Crippen LogP contribution in [-0.2, 0) is 16.6 Å². The number of benzene rings is 2. The molecule has 0 atom stereocenters. The van der Waals surface area contributed by atoms with Gasteiger partial charge in [-0.2, -0.15) is 0 Å². The van der Waals surface area contributed by atoms with Crippen molar-refractivity contribution in [1.29, 1.82) is 0 Å². The van der Waals surface area contributed by atoms with E-state index in [1.54, 1.807) is 48.8 Å². The number of hydrogen-bond acceptors (Lipinski definition) is 6. The number of H-pyrrole nitrogens is 1. The molecule has 0 fully saturated rings. The molecule has 2 N–H and O–H groups in total. The molecule has 180 valence electrons. The predicted octanol–water partition coefficient (Wildman–Crippen LogP) is 3.08. The van der Waals surface area contributed by atoms with E-state index < -0.39 is 21.4 Å². The van der Waals surface area contributed by atoms with Crippen molar-refractivity contribution in [2.75, 3.05) is 18.0 Å². The summed E-state index contributed by atoms with van der Waals surface area (Å²) < 4.78 is 33.1. The van der Waals surface area contributed by atoms with Gasteiger partial charge in [-0.1, -0.05) is 6.07 Å². The fourth-order valence-corrected chi connectivity index (χ4v) is 4.75. The lowest BCUT2D eigenvalue weighted by Gasteiger charge is -2.20. The number of aromatic amines is 1. The zero-order valence-corrected chi connectivity index (χ0v) is 20.0. The highest BCUT2D eigenvalue weighted by atomic mass is 32.2. The number of rotatable bonds is 8. The van der Waals surface area contributed by atoms with Gasteiger partial charge in [-0.3, -0.25) is 18.9 Å². The van der Waals surface area contributed by atoms with Crippen LogP contribution in [0.15, 0.2) is 82.9 Å². The van der Waals surface area contributed by atoms with E-state index in [4.69, 9.17) is 4.74 Å². The fourth-order valence-electron chi connectivity index (χ4n) is 3.52. The van der Waals surface area contributed by atoms with Gasteiger partial charge in [0.2, 0.25) is 5.43 Å². The summed E-state index contributed by atoms with van der Waals surface area (Å²) in [5, 5.41) is 2.78. The molecule has 0 saturated heterocycles. The van der Waals surface area contributed by atoms with Gasteiger partial charge < -0.3 is 15.0 Å². The highest BCUT2D eigenvalue weighted by Crippen LogP contribution is 2.25. The molecular weight excluding hydrogens is 468 g/mol. The zero-order valence-electron chi connectivity index (χ0n) is 19.2. The van der Waals surface area contributed by atoms with E-state index in [2.05, 4.69) is 15.3 Å². The third-order valence-electron chi connectivity index (χ3n) is 5.44. The molecule has 1 amide bonds. The first-order valence-corrected chi connectivity index (χ1v) is 12.3. The van der Waals surface area contributed by atoms with Crippen LogP contribution in [0.3, 0.4) is 0 Å². The summed E-state index contributed by atoms with van der Waals surface area (Å²) in [4.78, 5) is 32.5. The van der Waals surface area contributed by atoms with Crippen LogP contribution in [0.2, 0.25) is 0 Å². The molecule has 0 aliphatic carbocycles. The lowest BCUT2D eigenvalue weighted by atomic mass is 10.1. The van der Waals surface area contributed by atoms with Crippen molar-refractivity contribution < 1.29 is 17.9 Å². The van der Waals surface area contributed by atoms with Gasteiger partial charge in [0.05, 0.1) is 17.2 Å². The Hall–Kier alpha value is -4.18.